The molecule has 0 heteroatoms. The van der Waals surface area contributed by atoms with E-state index in [9.17, 15) is 0 Å². The lowest BCUT2D eigenvalue weighted by atomic mass is 9.78. The van der Waals surface area contributed by atoms with Crippen molar-refractivity contribution in [3.63, 3.8) is 0 Å². The normalized spacial score (nSPS) is 15.5. The number of benzene rings is 7. The molecule has 7 aromatic rings. The maximum Gasteiger partial charge on any atom is 0.0165 e. The Morgan fingerprint density at radius 1 is 0.381 bits per heavy atom. The van der Waals surface area contributed by atoms with E-state index in [1.165, 1.54) is 88.0 Å². The van der Waals surface area contributed by atoms with Crippen LogP contribution in [0.2, 0.25) is 0 Å². The highest BCUT2D eigenvalue weighted by Gasteiger charge is 2.39. The molecule has 0 saturated carbocycles. The van der Waals surface area contributed by atoms with E-state index in [-0.39, 0.29) is 10.8 Å². The summed E-state index contributed by atoms with van der Waals surface area (Å²) in [7, 11) is 0. The number of hydrogen-bond acceptors (Lipinski definition) is 0. The maximum atomic E-state index is 2.46. The molecule has 0 amide bonds. The third kappa shape index (κ3) is 2.92. The number of fused-ring (bicyclic) bond motifs is 13. The first-order chi connectivity index (χ1) is 20.4. The minimum absolute atomic E-state index is 0.0507. The molecule has 7 aromatic carbocycles. The average Bonchev–Trinajstić information content (AvgIpc) is 3.41. The third-order valence-corrected chi connectivity index (χ3v) is 10.4. The van der Waals surface area contributed by atoms with Gasteiger partial charge in [-0.3, -0.25) is 0 Å². The summed E-state index contributed by atoms with van der Waals surface area (Å²) in [6.45, 7) is 9.55. The van der Waals surface area contributed by atoms with E-state index >= 15 is 0 Å². The Labute approximate surface area is 247 Å². The third-order valence-electron chi connectivity index (χ3n) is 10.4. The Hall–Kier alpha value is -4.68. The van der Waals surface area contributed by atoms with Crippen LogP contribution in [0.3, 0.4) is 0 Å². The lowest BCUT2D eigenvalue weighted by molar-refractivity contribution is 0.661. The van der Waals surface area contributed by atoms with Crippen LogP contribution < -0.4 is 0 Å². The molecule has 0 fully saturated rings. The molecular weight excluding hydrogens is 504 g/mol. The quantitative estimate of drug-likeness (QED) is 0.183. The fourth-order valence-corrected chi connectivity index (χ4v) is 8.37. The van der Waals surface area contributed by atoms with Gasteiger partial charge in [0.2, 0.25) is 0 Å². The standard InChI is InChI=1S/C42H32/c1-41(2)36-22-19-25-11-5-6-12-28(25)38(36)33-21-18-27(24-37(33)41)26-17-20-31-34(23-26)29-13-7-8-14-30(29)39-32-15-9-10-16-35(32)42(3,4)40(31)39/h5-24H,1-4H3. The Bertz CT molecular complexity index is 2290. The lowest BCUT2D eigenvalue weighted by Gasteiger charge is -2.24. The molecule has 200 valence electrons. The van der Waals surface area contributed by atoms with Crippen molar-refractivity contribution in [2.75, 3.05) is 0 Å². The molecule has 0 unspecified atom stereocenters. The van der Waals surface area contributed by atoms with E-state index < -0.39 is 0 Å². The van der Waals surface area contributed by atoms with Crippen molar-refractivity contribution in [3.05, 3.63) is 144 Å². The summed E-state index contributed by atoms with van der Waals surface area (Å²) in [4.78, 5) is 0. The molecule has 0 aromatic heterocycles. The topological polar surface area (TPSA) is 0 Å². The smallest absolute Gasteiger partial charge is 0.0165 e. The zero-order chi connectivity index (χ0) is 28.4. The average molecular weight is 537 g/mol. The van der Waals surface area contributed by atoms with Gasteiger partial charge in [0, 0.05) is 10.8 Å². The van der Waals surface area contributed by atoms with Gasteiger partial charge in [-0.25, -0.2) is 0 Å². The number of rotatable bonds is 1. The Morgan fingerprint density at radius 2 is 1.05 bits per heavy atom. The van der Waals surface area contributed by atoms with Gasteiger partial charge in [-0.1, -0.05) is 137 Å². The molecule has 0 nitrogen and oxygen atoms in total. The van der Waals surface area contributed by atoms with Gasteiger partial charge in [0.25, 0.3) is 0 Å². The SMILES string of the molecule is CC1(C)c2cc(-c3ccc4c5c(c6ccccc6c4c3)-c3ccccc3C5(C)C)ccc2-c2c1ccc1ccccc21. The zero-order valence-corrected chi connectivity index (χ0v) is 24.5. The van der Waals surface area contributed by atoms with E-state index in [0.717, 1.165) is 0 Å². The molecule has 2 aliphatic carbocycles. The van der Waals surface area contributed by atoms with Crippen LogP contribution in [0.1, 0.15) is 49.9 Å². The van der Waals surface area contributed by atoms with Crippen molar-refractivity contribution in [3.8, 4) is 33.4 Å². The van der Waals surface area contributed by atoms with Crippen molar-refractivity contribution in [2.45, 2.75) is 38.5 Å². The van der Waals surface area contributed by atoms with Crippen molar-refractivity contribution in [2.24, 2.45) is 0 Å². The molecule has 0 aliphatic heterocycles. The summed E-state index contributed by atoms with van der Waals surface area (Å²) in [5.41, 5.74) is 13.8. The highest BCUT2D eigenvalue weighted by Crippen LogP contribution is 2.55. The van der Waals surface area contributed by atoms with Crippen LogP contribution in [0.4, 0.5) is 0 Å². The van der Waals surface area contributed by atoms with E-state index in [2.05, 4.69) is 149 Å². The Kier molecular flexibility index (Phi) is 4.56. The minimum atomic E-state index is -0.0537. The summed E-state index contributed by atoms with van der Waals surface area (Å²) in [6, 6.07) is 45.8. The van der Waals surface area contributed by atoms with Crippen LogP contribution in [-0.2, 0) is 10.8 Å². The summed E-state index contributed by atoms with van der Waals surface area (Å²) < 4.78 is 0. The zero-order valence-electron chi connectivity index (χ0n) is 24.5. The molecule has 0 heterocycles. The summed E-state index contributed by atoms with van der Waals surface area (Å²) in [5, 5.41) is 8.06. The Morgan fingerprint density at radius 3 is 1.90 bits per heavy atom. The molecule has 42 heavy (non-hydrogen) atoms. The maximum absolute atomic E-state index is 2.46. The fourth-order valence-electron chi connectivity index (χ4n) is 8.37. The summed E-state index contributed by atoms with van der Waals surface area (Å²) in [6.07, 6.45) is 0. The number of hydrogen-bond donors (Lipinski definition) is 0. The molecule has 9 rings (SSSR count). The molecule has 2 aliphatic rings. The molecule has 0 N–H and O–H groups in total. The minimum Gasteiger partial charge on any atom is -0.0619 e. The first kappa shape index (κ1) is 24.0. The van der Waals surface area contributed by atoms with Gasteiger partial charge in [-0.05, 0) is 100 Å². The van der Waals surface area contributed by atoms with Gasteiger partial charge >= 0.3 is 0 Å². The van der Waals surface area contributed by atoms with Crippen LogP contribution in [0.15, 0.2) is 121 Å². The highest BCUT2D eigenvalue weighted by atomic mass is 14.4. The first-order valence-corrected chi connectivity index (χ1v) is 15.1. The molecular formula is C42H32. The predicted octanol–water partition coefficient (Wildman–Crippen LogP) is 11.4. The molecule has 0 spiro atoms. The van der Waals surface area contributed by atoms with Gasteiger partial charge in [-0.15, -0.1) is 0 Å². The first-order valence-electron chi connectivity index (χ1n) is 15.1. The van der Waals surface area contributed by atoms with E-state index in [1.54, 1.807) is 0 Å². The summed E-state index contributed by atoms with van der Waals surface area (Å²) in [5.74, 6) is 0. The van der Waals surface area contributed by atoms with Crippen molar-refractivity contribution in [1.29, 1.82) is 0 Å². The largest absolute Gasteiger partial charge is 0.0619 e. The monoisotopic (exact) mass is 536 g/mol. The van der Waals surface area contributed by atoms with Crippen molar-refractivity contribution in [1.82, 2.24) is 0 Å². The summed E-state index contributed by atoms with van der Waals surface area (Å²) >= 11 is 0. The van der Waals surface area contributed by atoms with Crippen LogP contribution in [0, 0.1) is 0 Å². The molecule has 0 saturated heterocycles. The van der Waals surface area contributed by atoms with Crippen molar-refractivity contribution < 1.29 is 0 Å². The molecule has 0 radical (unpaired) electrons. The molecule has 0 atom stereocenters. The van der Waals surface area contributed by atoms with Crippen LogP contribution in [0.25, 0.3) is 65.7 Å². The second kappa shape index (κ2) is 7.99. The predicted molar refractivity (Wildman–Crippen MR) is 180 cm³/mol. The van der Waals surface area contributed by atoms with E-state index in [4.69, 9.17) is 0 Å². The van der Waals surface area contributed by atoms with Gasteiger partial charge in [0.05, 0.1) is 0 Å². The van der Waals surface area contributed by atoms with Gasteiger partial charge in [0.15, 0.2) is 0 Å². The van der Waals surface area contributed by atoms with Gasteiger partial charge in [0.1, 0.15) is 0 Å². The fraction of sp³-hybridized carbons (Fsp3) is 0.143. The van der Waals surface area contributed by atoms with E-state index in [1.807, 2.05) is 0 Å². The van der Waals surface area contributed by atoms with Crippen LogP contribution in [-0.4, -0.2) is 0 Å². The van der Waals surface area contributed by atoms with E-state index in [0.29, 0.717) is 0 Å². The Balaban J connectivity index is 1.28. The van der Waals surface area contributed by atoms with Gasteiger partial charge < -0.3 is 0 Å². The van der Waals surface area contributed by atoms with Crippen molar-refractivity contribution >= 4 is 32.3 Å². The highest BCUT2D eigenvalue weighted by molar-refractivity contribution is 6.19. The van der Waals surface area contributed by atoms with Crippen LogP contribution in [0.5, 0.6) is 0 Å². The van der Waals surface area contributed by atoms with Crippen LogP contribution >= 0.6 is 0 Å². The van der Waals surface area contributed by atoms with Gasteiger partial charge in [-0.2, -0.15) is 0 Å². The second-order valence-corrected chi connectivity index (χ2v) is 13.3. The molecule has 0 bridgehead atoms. The second-order valence-electron chi connectivity index (χ2n) is 13.3. The lowest BCUT2D eigenvalue weighted by Crippen LogP contribution is -2.15.